The number of hydrogen-bond acceptors (Lipinski definition) is 6. The van der Waals surface area contributed by atoms with Crippen LogP contribution >= 0.6 is 0 Å². The largest absolute Gasteiger partial charge is 0.372 e. The molecule has 0 saturated heterocycles. The van der Waals surface area contributed by atoms with E-state index >= 15 is 0 Å². The fourth-order valence-electron chi connectivity index (χ4n) is 1.74. The third-order valence-corrected chi connectivity index (χ3v) is 2.73. The van der Waals surface area contributed by atoms with E-state index in [9.17, 15) is 10.1 Å². The second-order valence-electron chi connectivity index (χ2n) is 3.91. The third-order valence-electron chi connectivity index (χ3n) is 2.73. The van der Waals surface area contributed by atoms with E-state index in [4.69, 9.17) is 5.84 Å². The lowest BCUT2D eigenvalue weighted by atomic mass is 10.2. The van der Waals surface area contributed by atoms with E-state index in [1.165, 1.54) is 0 Å². The molecule has 2 aromatic rings. The zero-order chi connectivity index (χ0) is 13.8. The molecule has 19 heavy (non-hydrogen) atoms. The molecule has 0 bridgehead atoms. The van der Waals surface area contributed by atoms with Gasteiger partial charge in [0.15, 0.2) is 0 Å². The SMILES string of the molecule is Cn1ccnc1CNc1cccc(NN)c1[N+](=O)[O-]. The van der Waals surface area contributed by atoms with Crippen molar-refractivity contribution in [2.75, 3.05) is 10.7 Å². The number of nitrogens with two attached hydrogens (primary N) is 1. The monoisotopic (exact) mass is 262 g/mol. The molecule has 2 rings (SSSR count). The van der Waals surface area contributed by atoms with Crippen LogP contribution in [0.25, 0.3) is 0 Å². The number of anilines is 2. The number of nitro benzene ring substituents is 1. The molecule has 0 radical (unpaired) electrons. The zero-order valence-corrected chi connectivity index (χ0v) is 10.3. The molecule has 8 heteroatoms. The lowest BCUT2D eigenvalue weighted by Crippen LogP contribution is -2.12. The maximum Gasteiger partial charge on any atom is 0.316 e. The van der Waals surface area contributed by atoms with Gasteiger partial charge in [-0.15, -0.1) is 0 Å². The summed E-state index contributed by atoms with van der Waals surface area (Å²) in [6.45, 7) is 0.387. The number of rotatable bonds is 5. The summed E-state index contributed by atoms with van der Waals surface area (Å²) in [7, 11) is 1.86. The van der Waals surface area contributed by atoms with Gasteiger partial charge >= 0.3 is 5.69 Å². The first-order valence-electron chi connectivity index (χ1n) is 5.57. The Morgan fingerprint density at radius 2 is 2.21 bits per heavy atom. The maximum absolute atomic E-state index is 11.1. The minimum Gasteiger partial charge on any atom is -0.372 e. The van der Waals surface area contributed by atoms with Gasteiger partial charge in [0.05, 0.1) is 11.5 Å². The van der Waals surface area contributed by atoms with Gasteiger partial charge in [0, 0.05) is 19.4 Å². The predicted molar refractivity (Wildman–Crippen MR) is 71.4 cm³/mol. The number of aryl methyl sites for hydroxylation is 1. The summed E-state index contributed by atoms with van der Waals surface area (Å²) in [5.41, 5.74) is 2.89. The number of benzene rings is 1. The topological polar surface area (TPSA) is 111 Å². The van der Waals surface area contributed by atoms with Crippen LogP contribution in [0.1, 0.15) is 5.82 Å². The minimum absolute atomic E-state index is 0.0841. The fraction of sp³-hybridized carbons (Fsp3) is 0.182. The predicted octanol–water partition coefficient (Wildman–Crippen LogP) is 1.23. The van der Waals surface area contributed by atoms with Crippen LogP contribution in [-0.4, -0.2) is 14.5 Å². The average molecular weight is 262 g/mol. The number of hydrazine groups is 1. The number of nitrogens with zero attached hydrogens (tertiary/aromatic N) is 3. The van der Waals surface area contributed by atoms with Gasteiger partial charge < -0.3 is 15.3 Å². The highest BCUT2D eigenvalue weighted by atomic mass is 16.6. The Balaban J connectivity index is 2.25. The van der Waals surface area contributed by atoms with Crippen LogP contribution in [0.5, 0.6) is 0 Å². The number of imidazole rings is 1. The molecule has 8 nitrogen and oxygen atoms in total. The van der Waals surface area contributed by atoms with Crippen molar-refractivity contribution in [1.82, 2.24) is 9.55 Å². The van der Waals surface area contributed by atoms with Gasteiger partial charge in [-0.2, -0.15) is 0 Å². The van der Waals surface area contributed by atoms with Crippen molar-refractivity contribution < 1.29 is 4.92 Å². The standard InChI is InChI=1S/C11H14N6O2/c1-16-6-5-13-10(16)7-14-8-3-2-4-9(15-12)11(8)17(18)19/h2-6,14-15H,7,12H2,1H3. The highest BCUT2D eigenvalue weighted by Gasteiger charge is 2.19. The molecule has 100 valence electrons. The molecule has 0 spiro atoms. The Labute approximate surface area is 109 Å². The van der Waals surface area contributed by atoms with E-state index in [1.807, 2.05) is 17.8 Å². The number of nitrogen functional groups attached to an aromatic ring is 1. The number of nitro groups is 1. The van der Waals surface area contributed by atoms with E-state index in [0.29, 0.717) is 12.2 Å². The Hall–Kier alpha value is -2.61. The fourth-order valence-corrected chi connectivity index (χ4v) is 1.74. The Morgan fingerprint density at radius 1 is 1.47 bits per heavy atom. The van der Waals surface area contributed by atoms with Crippen LogP contribution in [0.2, 0.25) is 0 Å². The molecule has 0 unspecified atom stereocenters. The number of hydrogen-bond donors (Lipinski definition) is 3. The van der Waals surface area contributed by atoms with Gasteiger partial charge in [-0.1, -0.05) is 6.07 Å². The molecule has 0 fully saturated rings. The van der Waals surface area contributed by atoms with E-state index < -0.39 is 4.92 Å². The summed E-state index contributed by atoms with van der Waals surface area (Å²) >= 11 is 0. The smallest absolute Gasteiger partial charge is 0.316 e. The van der Waals surface area contributed by atoms with Gasteiger partial charge in [-0.3, -0.25) is 16.0 Å². The molecular weight excluding hydrogens is 248 g/mol. The Morgan fingerprint density at radius 3 is 2.79 bits per heavy atom. The molecule has 0 aliphatic carbocycles. The molecule has 1 heterocycles. The number of aromatic nitrogens is 2. The van der Waals surface area contributed by atoms with Crippen LogP contribution < -0.4 is 16.6 Å². The second kappa shape index (κ2) is 5.36. The minimum atomic E-state index is -0.476. The van der Waals surface area contributed by atoms with Crippen molar-refractivity contribution in [3.05, 3.63) is 46.5 Å². The van der Waals surface area contributed by atoms with E-state index in [0.717, 1.165) is 5.82 Å². The summed E-state index contributed by atoms with van der Waals surface area (Å²) in [4.78, 5) is 14.7. The molecule has 0 saturated carbocycles. The van der Waals surface area contributed by atoms with Gasteiger partial charge in [0.1, 0.15) is 17.2 Å². The lowest BCUT2D eigenvalue weighted by molar-refractivity contribution is -0.383. The van der Waals surface area contributed by atoms with E-state index in [-0.39, 0.29) is 11.4 Å². The highest BCUT2D eigenvalue weighted by molar-refractivity contribution is 5.75. The Kier molecular flexibility index (Phi) is 3.62. The first-order chi connectivity index (χ1) is 9.13. The van der Waals surface area contributed by atoms with Crippen molar-refractivity contribution in [2.45, 2.75) is 6.54 Å². The molecule has 4 N–H and O–H groups in total. The van der Waals surface area contributed by atoms with E-state index in [1.54, 1.807) is 24.4 Å². The van der Waals surface area contributed by atoms with Crippen molar-refractivity contribution in [1.29, 1.82) is 0 Å². The molecule has 0 atom stereocenters. The first-order valence-corrected chi connectivity index (χ1v) is 5.57. The zero-order valence-electron chi connectivity index (χ0n) is 10.3. The summed E-state index contributed by atoms with van der Waals surface area (Å²) in [6.07, 6.45) is 3.48. The van der Waals surface area contributed by atoms with Crippen LogP contribution in [0.3, 0.4) is 0 Å². The molecule has 1 aromatic heterocycles. The molecule has 1 aromatic carbocycles. The Bertz CT molecular complexity index is 595. The van der Waals surface area contributed by atoms with Crippen LogP contribution in [0.4, 0.5) is 17.1 Å². The molecule has 0 amide bonds. The number of para-hydroxylation sites is 1. The second-order valence-corrected chi connectivity index (χ2v) is 3.91. The van der Waals surface area contributed by atoms with Crippen LogP contribution in [0.15, 0.2) is 30.6 Å². The van der Waals surface area contributed by atoms with Crippen LogP contribution in [-0.2, 0) is 13.6 Å². The maximum atomic E-state index is 11.1. The molecule has 0 aliphatic heterocycles. The van der Waals surface area contributed by atoms with Crippen LogP contribution in [0, 0.1) is 10.1 Å². The summed E-state index contributed by atoms with van der Waals surface area (Å²) < 4.78 is 1.84. The van der Waals surface area contributed by atoms with Crippen molar-refractivity contribution in [3.8, 4) is 0 Å². The lowest BCUT2D eigenvalue weighted by Gasteiger charge is -2.09. The summed E-state index contributed by atoms with van der Waals surface area (Å²) in [5, 5.41) is 14.1. The normalized spacial score (nSPS) is 10.2. The highest BCUT2D eigenvalue weighted by Crippen LogP contribution is 2.32. The van der Waals surface area contributed by atoms with Crippen molar-refractivity contribution in [2.24, 2.45) is 12.9 Å². The van der Waals surface area contributed by atoms with E-state index in [2.05, 4.69) is 15.7 Å². The van der Waals surface area contributed by atoms with Crippen molar-refractivity contribution >= 4 is 17.1 Å². The van der Waals surface area contributed by atoms with Gasteiger partial charge in [-0.05, 0) is 12.1 Å². The average Bonchev–Trinajstić information content (AvgIpc) is 2.81. The molecular formula is C11H14N6O2. The van der Waals surface area contributed by atoms with Gasteiger partial charge in [-0.25, -0.2) is 4.98 Å². The molecule has 0 aliphatic rings. The summed E-state index contributed by atoms with van der Waals surface area (Å²) in [6, 6.07) is 4.86. The quantitative estimate of drug-likeness (QED) is 0.424. The first kappa shape index (κ1) is 12.8. The number of nitrogens with one attached hydrogen (secondary N) is 2. The van der Waals surface area contributed by atoms with Gasteiger partial charge in [0.2, 0.25) is 0 Å². The third kappa shape index (κ3) is 2.63. The van der Waals surface area contributed by atoms with Crippen molar-refractivity contribution in [3.63, 3.8) is 0 Å². The van der Waals surface area contributed by atoms with Gasteiger partial charge in [0.25, 0.3) is 0 Å². The summed E-state index contributed by atoms with van der Waals surface area (Å²) in [5.74, 6) is 6.05.